The maximum atomic E-state index is 12.3. The number of hydrogen-bond donors (Lipinski definition) is 1. The lowest BCUT2D eigenvalue weighted by Crippen LogP contribution is -2.52. The largest absolute Gasteiger partial charge is 0.381 e. The summed E-state index contributed by atoms with van der Waals surface area (Å²) in [5, 5.41) is 12.4. The van der Waals surface area contributed by atoms with E-state index in [0.29, 0.717) is 26.1 Å². The molecule has 2 rings (SSSR count). The highest BCUT2D eigenvalue weighted by Crippen LogP contribution is 2.30. The molecule has 0 spiro atoms. The number of nitrogens with one attached hydrogen (secondary N) is 1. The SMILES string of the molecule is CN1CCCC(NC(=O)C2(C#N)CCOCC2)C1. The summed E-state index contributed by atoms with van der Waals surface area (Å²) in [6, 6.07) is 2.40. The summed E-state index contributed by atoms with van der Waals surface area (Å²) in [4.78, 5) is 14.5. The minimum Gasteiger partial charge on any atom is -0.381 e. The van der Waals surface area contributed by atoms with Gasteiger partial charge in [0, 0.05) is 25.8 Å². The summed E-state index contributed by atoms with van der Waals surface area (Å²) in [6.07, 6.45) is 3.13. The lowest BCUT2D eigenvalue weighted by atomic mass is 9.80. The molecule has 0 saturated carbocycles. The van der Waals surface area contributed by atoms with Gasteiger partial charge in [-0.25, -0.2) is 0 Å². The van der Waals surface area contributed by atoms with Crippen LogP contribution in [0.4, 0.5) is 0 Å². The number of likely N-dealkylation sites (tertiary alicyclic amines) is 1. The van der Waals surface area contributed by atoms with Gasteiger partial charge in [-0.1, -0.05) is 0 Å². The van der Waals surface area contributed by atoms with Crippen molar-refractivity contribution in [2.45, 2.75) is 31.7 Å². The second-order valence-electron chi connectivity index (χ2n) is 5.38. The fourth-order valence-electron chi connectivity index (χ4n) is 2.72. The van der Waals surface area contributed by atoms with Crippen LogP contribution >= 0.6 is 0 Å². The third-order valence-electron chi connectivity index (χ3n) is 3.95. The van der Waals surface area contributed by atoms with Crippen LogP contribution in [0.3, 0.4) is 0 Å². The molecule has 1 unspecified atom stereocenters. The number of likely N-dealkylation sites (N-methyl/N-ethyl adjacent to an activating group) is 1. The molecule has 2 saturated heterocycles. The Bertz CT molecular complexity index is 345. The molecular formula is C13H21N3O2. The monoisotopic (exact) mass is 251 g/mol. The molecule has 2 heterocycles. The second-order valence-corrected chi connectivity index (χ2v) is 5.38. The van der Waals surface area contributed by atoms with Gasteiger partial charge < -0.3 is 15.0 Å². The van der Waals surface area contributed by atoms with Gasteiger partial charge in [-0.15, -0.1) is 0 Å². The molecule has 1 amide bonds. The summed E-state index contributed by atoms with van der Waals surface area (Å²) in [5.74, 6) is -0.103. The van der Waals surface area contributed by atoms with Crippen LogP contribution in [0, 0.1) is 16.7 Å². The first-order chi connectivity index (χ1) is 8.66. The number of carbonyl (C=O) groups excluding carboxylic acids is 1. The number of carbonyl (C=O) groups is 1. The lowest BCUT2D eigenvalue weighted by Gasteiger charge is -2.34. The molecule has 2 aliphatic rings. The molecule has 2 fully saturated rings. The zero-order valence-electron chi connectivity index (χ0n) is 10.9. The van der Waals surface area contributed by atoms with Gasteiger partial charge in [0.15, 0.2) is 0 Å². The number of ether oxygens (including phenoxy) is 1. The van der Waals surface area contributed by atoms with Crippen LogP contribution in [0.1, 0.15) is 25.7 Å². The minimum absolute atomic E-state index is 0.103. The minimum atomic E-state index is -0.867. The van der Waals surface area contributed by atoms with Gasteiger partial charge in [0.1, 0.15) is 5.41 Å². The topological polar surface area (TPSA) is 65.4 Å². The highest BCUT2D eigenvalue weighted by Gasteiger charge is 2.41. The first kappa shape index (κ1) is 13.3. The Morgan fingerprint density at radius 2 is 2.22 bits per heavy atom. The number of nitriles is 1. The van der Waals surface area contributed by atoms with Crippen LogP contribution in [-0.4, -0.2) is 50.2 Å². The maximum absolute atomic E-state index is 12.3. The van der Waals surface area contributed by atoms with Crippen LogP contribution in [0.2, 0.25) is 0 Å². The molecule has 0 aromatic carbocycles. The standard InChI is InChI=1S/C13H21N3O2/c1-16-6-2-3-11(9-16)15-12(17)13(10-14)4-7-18-8-5-13/h11H,2-9H2,1H3,(H,15,17). The van der Waals surface area contributed by atoms with E-state index >= 15 is 0 Å². The molecule has 0 radical (unpaired) electrons. The van der Waals surface area contributed by atoms with Gasteiger partial charge in [-0.3, -0.25) is 4.79 Å². The average molecular weight is 251 g/mol. The molecule has 0 aromatic heterocycles. The van der Waals surface area contributed by atoms with E-state index in [2.05, 4.69) is 23.3 Å². The lowest BCUT2D eigenvalue weighted by molar-refractivity contribution is -0.133. The Balaban J connectivity index is 1.95. The molecule has 2 aliphatic heterocycles. The molecule has 1 N–H and O–H groups in total. The van der Waals surface area contributed by atoms with E-state index in [4.69, 9.17) is 4.74 Å². The van der Waals surface area contributed by atoms with Gasteiger partial charge in [0.25, 0.3) is 0 Å². The van der Waals surface area contributed by atoms with Crippen molar-refractivity contribution in [2.75, 3.05) is 33.4 Å². The molecule has 1 atom stereocenters. The molecule has 0 aliphatic carbocycles. The van der Waals surface area contributed by atoms with Crippen molar-refractivity contribution in [2.24, 2.45) is 5.41 Å². The van der Waals surface area contributed by atoms with Gasteiger partial charge in [0.2, 0.25) is 5.91 Å². The molecule has 5 nitrogen and oxygen atoms in total. The smallest absolute Gasteiger partial charge is 0.240 e. The maximum Gasteiger partial charge on any atom is 0.240 e. The Morgan fingerprint density at radius 1 is 1.50 bits per heavy atom. The normalized spacial score (nSPS) is 28.3. The van der Waals surface area contributed by atoms with Crippen molar-refractivity contribution >= 4 is 5.91 Å². The first-order valence-electron chi connectivity index (χ1n) is 6.65. The number of hydrogen-bond acceptors (Lipinski definition) is 4. The zero-order valence-corrected chi connectivity index (χ0v) is 10.9. The summed E-state index contributed by atoms with van der Waals surface area (Å²) in [6.45, 7) is 2.98. The van der Waals surface area contributed by atoms with E-state index in [0.717, 1.165) is 25.9 Å². The predicted octanol–water partition coefficient (Wildman–Crippen LogP) is 0.517. The number of nitrogens with zero attached hydrogens (tertiary/aromatic N) is 2. The third kappa shape index (κ3) is 2.82. The van der Waals surface area contributed by atoms with Crippen LogP contribution in [0.15, 0.2) is 0 Å². The molecule has 0 aromatic rings. The summed E-state index contributed by atoms with van der Waals surface area (Å²) in [5.41, 5.74) is -0.867. The molecule has 0 bridgehead atoms. The summed E-state index contributed by atoms with van der Waals surface area (Å²) < 4.78 is 5.24. The van der Waals surface area contributed by atoms with Gasteiger partial charge in [0.05, 0.1) is 6.07 Å². The van der Waals surface area contributed by atoms with Crippen LogP contribution < -0.4 is 5.32 Å². The van der Waals surface area contributed by atoms with E-state index in [1.54, 1.807) is 0 Å². The molecule has 18 heavy (non-hydrogen) atoms. The Kier molecular flexibility index (Phi) is 4.20. The van der Waals surface area contributed by atoms with Crippen molar-refractivity contribution in [3.05, 3.63) is 0 Å². The van der Waals surface area contributed by atoms with Crippen molar-refractivity contribution < 1.29 is 9.53 Å². The Hall–Kier alpha value is -1.12. The summed E-state index contributed by atoms with van der Waals surface area (Å²) in [7, 11) is 2.06. The number of piperidine rings is 1. The highest BCUT2D eigenvalue weighted by molar-refractivity contribution is 5.85. The highest BCUT2D eigenvalue weighted by atomic mass is 16.5. The van der Waals surface area contributed by atoms with E-state index in [1.165, 1.54) is 0 Å². The van der Waals surface area contributed by atoms with Crippen molar-refractivity contribution in [3.8, 4) is 6.07 Å². The van der Waals surface area contributed by atoms with Gasteiger partial charge in [-0.2, -0.15) is 5.26 Å². The third-order valence-corrected chi connectivity index (χ3v) is 3.95. The predicted molar refractivity (Wildman–Crippen MR) is 66.8 cm³/mol. The van der Waals surface area contributed by atoms with E-state index in [-0.39, 0.29) is 11.9 Å². The van der Waals surface area contributed by atoms with E-state index in [1.807, 2.05) is 0 Å². The summed E-state index contributed by atoms with van der Waals surface area (Å²) >= 11 is 0. The fraction of sp³-hybridized carbons (Fsp3) is 0.846. The zero-order chi connectivity index (χ0) is 13.0. The van der Waals surface area contributed by atoms with Crippen LogP contribution in [0.25, 0.3) is 0 Å². The van der Waals surface area contributed by atoms with Crippen LogP contribution in [-0.2, 0) is 9.53 Å². The second kappa shape index (κ2) is 5.68. The fourth-order valence-corrected chi connectivity index (χ4v) is 2.72. The Labute approximate surface area is 108 Å². The number of amides is 1. The van der Waals surface area contributed by atoms with E-state index < -0.39 is 5.41 Å². The van der Waals surface area contributed by atoms with Crippen molar-refractivity contribution in [1.29, 1.82) is 5.26 Å². The molecular weight excluding hydrogens is 230 g/mol. The quantitative estimate of drug-likeness (QED) is 0.777. The Morgan fingerprint density at radius 3 is 2.83 bits per heavy atom. The average Bonchev–Trinajstić information content (AvgIpc) is 2.39. The number of rotatable bonds is 2. The molecule has 100 valence electrons. The van der Waals surface area contributed by atoms with Crippen molar-refractivity contribution in [3.63, 3.8) is 0 Å². The van der Waals surface area contributed by atoms with Gasteiger partial charge >= 0.3 is 0 Å². The first-order valence-corrected chi connectivity index (χ1v) is 6.65. The van der Waals surface area contributed by atoms with Crippen LogP contribution in [0.5, 0.6) is 0 Å². The van der Waals surface area contributed by atoms with E-state index in [9.17, 15) is 10.1 Å². The van der Waals surface area contributed by atoms with Crippen molar-refractivity contribution in [1.82, 2.24) is 10.2 Å². The van der Waals surface area contributed by atoms with Gasteiger partial charge in [-0.05, 0) is 39.3 Å². The molecule has 5 heteroatoms.